The first-order valence-electron chi connectivity index (χ1n) is 10.8. The van der Waals surface area contributed by atoms with Crippen LogP contribution < -0.4 is 10.1 Å². The van der Waals surface area contributed by atoms with Gasteiger partial charge >= 0.3 is 0 Å². The van der Waals surface area contributed by atoms with E-state index < -0.39 is 0 Å². The Morgan fingerprint density at radius 3 is 2.81 bits per heavy atom. The second-order valence-electron chi connectivity index (χ2n) is 7.92. The molecule has 1 unspecified atom stereocenters. The van der Waals surface area contributed by atoms with E-state index in [1.165, 1.54) is 0 Å². The number of hydrogen-bond donors (Lipinski definition) is 1. The number of hydrogen-bond acceptors (Lipinski definition) is 4. The van der Waals surface area contributed by atoms with Gasteiger partial charge in [0, 0.05) is 30.5 Å². The van der Waals surface area contributed by atoms with E-state index in [4.69, 9.17) is 9.47 Å². The zero-order valence-corrected chi connectivity index (χ0v) is 18.1. The second kappa shape index (κ2) is 9.79. The molecule has 1 atom stereocenters. The lowest BCUT2D eigenvalue weighted by Gasteiger charge is -2.12. The molecule has 1 saturated heterocycles. The van der Waals surface area contributed by atoms with Crippen molar-refractivity contribution in [2.75, 3.05) is 18.5 Å². The van der Waals surface area contributed by atoms with Crippen LogP contribution in [0.5, 0.6) is 5.75 Å². The van der Waals surface area contributed by atoms with Crippen LogP contribution in [0.3, 0.4) is 0 Å². The highest BCUT2D eigenvalue weighted by Gasteiger charge is 2.16. The average Bonchev–Trinajstić information content (AvgIpc) is 3.40. The van der Waals surface area contributed by atoms with E-state index in [0.29, 0.717) is 19.4 Å². The minimum absolute atomic E-state index is 0.0254. The number of carbonyl (C=O) groups is 1. The smallest absolute Gasteiger partial charge is 0.224 e. The Labute approximate surface area is 183 Å². The highest BCUT2D eigenvalue weighted by atomic mass is 16.5. The molecule has 31 heavy (non-hydrogen) atoms. The highest BCUT2D eigenvalue weighted by molar-refractivity contribution is 5.91. The van der Waals surface area contributed by atoms with Gasteiger partial charge in [-0.05, 0) is 62.9 Å². The van der Waals surface area contributed by atoms with Crippen molar-refractivity contribution in [2.45, 2.75) is 45.6 Å². The Morgan fingerprint density at radius 1 is 1.19 bits per heavy atom. The van der Waals surface area contributed by atoms with Crippen LogP contribution in [0.15, 0.2) is 54.6 Å². The minimum atomic E-state index is -0.0254. The summed E-state index contributed by atoms with van der Waals surface area (Å²) in [7, 11) is 0. The molecule has 2 aromatic carbocycles. The van der Waals surface area contributed by atoms with E-state index in [1.807, 2.05) is 66.2 Å². The van der Waals surface area contributed by atoms with E-state index in [1.54, 1.807) is 0 Å². The molecular formula is C25H29N3O3. The van der Waals surface area contributed by atoms with Gasteiger partial charge in [0.15, 0.2) is 0 Å². The first-order valence-corrected chi connectivity index (χ1v) is 10.8. The maximum atomic E-state index is 12.6. The second-order valence-corrected chi connectivity index (χ2v) is 7.92. The third-order valence-electron chi connectivity index (χ3n) is 5.62. The van der Waals surface area contributed by atoms with Crippen LogP contribution in [-0.2, 0) is 16.0 Å². The summed E-state index contributed by atoms with van der Waals surface area (Å²) >= 11 is 0. The molecule has 0 aliphatic carbocycles. The number of aromatic nitrogens is 2. The molecule has 2 heterocycles. The monoisotopic (exact) mass is 419 g/mol. The van der Waals surface area contributed by atoms with Crippen LogP contribution in [0.4, 0.5) is 5.69 Å². The lowest BCUT2D eigenvalue weighted by Crippen LogP contribution is -2.16. The van der Waals surface area contributed by atoms with E-state index in [2.05, 4.69) is 17.3 Å². The number of benzene rings is 2. The predicted molar refractivity (Wildman–Crippen MR) is 121 cm³/mol. The Kier molecular flexibility index (Phi) is 6.67. The van der Waals surface area contributed by atoms with E-state index in [0.717, 1.165) is 53.5 Å². The van der Waals surface area contributed by atoms with Crippen molar-refractivity contribution >= 4 is 11.6 Å². The molecule has 4 rings (SSSR count). The van der Waals surface area contributed by atoms with Crippen LogP contribution in [0.1, 0.15) is 36.2 Å². The molecule has 6 nitrogen and oxygen atoms in total. The SMILES string of the molecule is Cc1nn(-c2ccccc2)c(C)c1CCC(=O)Nc1cccc(OCC2CCCO2)c1. The Balaban J connectivity index is 1.33. The van der Waals surface area contributed by atoms with E-state index in [9.17, 15) is 4.79 Å². The van der Waals surface area contributed by atoms with Crippen molar-refractivity contribution in [3.63, 3.8) is 0 Å². The summed E-state index contributed by atoms with van der Waals surface area (Å²) in [5, 5.41) is 7.65. The van der Waals surface area contributed by atoms with Gasteiger partial charge < -0.3 is 14.8 Å². The van der Waals surface area contributed by atoms with Gasteiger partial charge in [-0.25, -0.2) is 4.68 Å². The van der Waals surface area contributed by atoms with Gasteiger partial charge in [-0.3, -0.25) is 4.79 Å². The van der Waals surface area contributed by atoms with Crippen LogP contribution in [-0.4, -0.2) is 35.0 Å². The number of anilines is 1. The maximum Gasteiger partial charge on any atom is 0.224 e. The van der Waals surface area contributed by atoms with Crippen LogP contribution in [0.25, 0.3) is 5.69 Å². The van der Waals surface area contributed by atoms with Crippen LogP contribution >= 0.6 is 0 Å². The average molecular weight is 420 g/mol. The summed E-state index contributed by atoms with van der Waals surface area (Å²) in [5.41, 5.74) is 4.91. The number of rotatable bonds is 8. The molecule has 0 saturated carbocycles. The molecule has 1 fully saturated rings. The molecule has 162 valence electrons. The van der Waals surface area contributed by atoms with Crippen LogP contribution in [0.2, 0.25) is 0 Å². The third-order valence-corrected chi connectivity index (χ3v) is 5.62. The number of para-hydroxylation sites is 1. The fourth-order valence-corrected chi connectivity index (χ4v) is 3.95. The van der Waals surface area contributed by atoms with Crippen molar-refractivity contribution in [3.05, 3.63) is 71.5 Å². The van der Waals surface area contributed by atoms with Gasteiger partial charge in [0.25, 0.3) is 0 Å². The van der Waals surface area contributed by atoms with Gasteiger partial charge in [-0.1, -0.05) is 24.3 Å². The summed E-state index contributed by atoms with van der Waals surface area (Å²) in [6.45, 7) is 5.40. The molecule has 1 N–H and O–H groups in total. The zero-order chi connectivity index (χ0) is 21.6. The van der Waals surface area contributed by atoms with Gasteiger partial charge in [0.1, 0.15) is 12.4 Å². The summed E-state index contributed by atoms with van der Waals surface area (Å²) in [4.78, 5) is 12.6. The number of amides is 1. The lowest BCUT2D eigenvalue weighted by atomic mass is 10.1. The molecule has 3 aromatic rings. The molecule has 1 amide bonds. The maximum absolute atomic E-state index is 12.6. The first kappa shape index (κ1) is 21.1. The highest BCUT2D eigenvalue weighted by Crippen LogP contribution is 2.22. The lowest BCUT2D eigenvalue weighted by molar-refractivity contribution is -0.116. The third kappa shape index (κ3) is 5.33. The topological polar surface area (TPSA) is 65.4 Å². The number of nitrogens with zero attached hydrogens (tertiary/aromatic N) is 2. The molecule has 0 bridgehead atoms. The van der Waals surface area contributed by atoms with Crippen molar-refractivity contribution in [1.82, 2.24) is 9.78 Å². The van der Waals surface area contributed by atoms with E-state index in [-0.39, 0.29) is 12.0 Å². The summed E-state index contributed by atoms with van der Waals surface area (Å²) < 4.78 is 13.4. The molecular weight excluding hydrogens is 390 g/mol. The van der Waals surface area contributed by atoms with Crippen molar-refractivity contribution in [2.24, 2.45) is 0 Å². The predicted octanol–water partition coefficient (Wildman–Crippen LogP) is 4.62. The van der Waals surface area contributed by atoms with Crippen molar-refractivity contribution < 1.29 is 14.3 Å². The van der Waals surface area contributed by atoms with Gasteiger partial charge in [-0.2, -0.15) is 5.10 Å². The standard InChI is InChI=1S/C25H29N3O3/c1-18-24(19(2)28(27-18)21-9-4-3-5-10-21)13-14-25(29)26-20-8-6-11-22(16-20)31-17-23-12-7-15-30-23/h3-6,8-11,16,23H,7,12-15,17H2,1-2H3,(H,26,29). The molecule has 0 spiro atoms. The number of carbonyl (C=O) groups excluding carboxylic acids is 1. The Morgan fingerprint density at radius 2 is 2.03 bits per heavy atom. The van der Waals surface area contributed by atoms with Gasteiger partial charge in [0.2, 0.25) is 5.91 Å². The number of aryl methyl sites for hydroxylation is 1. The molecule has 1 aromatic heterocycles. The van der Waals surface area contributed by atoms with Crippen LogP contribution in [0, 0.1) is 13.8 Å². The van der Waals surface area contributed by atoms with Crippen molar-refractivity contribution in [3.8, 4) is 11.4 Å². The molecule has 0 radical (unpaired) electrons. The van der Waals surface area contributed by atoms with Gasteiger partial charge in [-0.15, -0.1) is 0 Å². The summed E-state index contributed by atoms with van der Waals surface area (Å²) in [6, 6.07) is 17.6. The first-order chi connectivity index (χ1) is 15.1. The summed E-state index contributed by atoms with van der Waals surface area (Å²) in [5.74, 6) is 0.715. The largest absolute Gasteiger partial charge is 0.491 e. The fraction of sp³-hybridized carbons (Fsp3) is 0.360. The zero-order valence-electron chi connectivity index (χ0n) is 18.1. The number of ether oxygens (including phenoxy) is 2. The van der Waals surface area contributed by atoms with Gasteiger partial charge in [0.05, 0.1) is 17.5 Å². The quantitative estimate of drug-likeness (QED) is 0.579. The van der Waals surface area contributed by atoms with E-state index >= 15 is 0 Å². The molecule has 1 aliphatic heterocycles. The molecule has 1 aliphatic rings. The Bertz CT molecular complexity index is 1020. The van der Waals surface area contributed by atoms with Crippen molar-refractivity contribution in [1.29, 1.82) is 0 Å². The normalized spacial score (nSPS) is 15.7. The fourth-order valence-electron chi connectivity index (χ4n) is 3.95. The minimum Gasteiger partial charge on any atom is -0.491 e. The number of nitrogens with one attached hydrogen (secondary N) is 1. The Hall–Kier alpha value is -3.12. The molecule has 6 heteroatoms. The summed E-state index contributed by atoms with van der Waals surface area (Å²) in [6.07, 6.45) is 3.33.